The van der Waals surface area contributed by atoms with Crippen LogP contribution in [0.3, 0.4) is 0 Å². The Labute approximate surface area is 113 Å². The van der Waals surface area contributed by atoms with Crippen LogP contribution in [0.2, 0.25) is 0 Å². The van der Waals surface area contributed by atoms with Crippen LogP contribution < -0.4 is 10.6 Å². The monoisotopic (exact) mass is 257 g/mol. The summed E-state index contributed by atoms with van der Waals surface area (Å²) in [6.45, 7) is 7.33. The van der Waals surface area contributed by atoms with Crippen LogP contribution in [0.4, 0.5) is 0 Å². The normalized spacial score (nSPS) is 11.9. The molecule has 0 amide bonds. The van der Waals surface area contributed by atoms with Gasteiger partial charge in [-0.25, -0.2) is 0 Å². The molecule has 0 fully saturated rings. The Hall–Kier alpha value is -0.770. The minimum Gasteiger partial charge on any atom is -0.385 e. The van der Waals surface area contributed by atoms with Crippen LogP contribution in [0.1, 0.15) is 46.0 Å². The second kappa shape index (κ2) is 12.7. The molecule has 0 rings (SSSR count). The zero-order valence-corrected chi connectivity index (χ0v) is 12.6. The molecule has 0 saturated heterocycles. The lowest BCUT2D eigenvalue weighted by Gasteiger charge is -2.16. The quantitative estimate of drug-likeness (QED) is 0.359. The lowest BCUT2D eigenvalue weighted by Crippen LogP contribution is -2.40. The molecule has 0 aromatic heterocycles. The zero-order chi connectivity index (χ0) is 13.6. The van der Waals surface area contributed by atoms with Crippen LogP contribution in [-0.4, -0.2) is 39.8 Å². The van der Waals surface area contributed by atoms with Crippen LogP contribution in [0.15, 0.2) is 4.99 Å². The number of methoxy groups -OCH3 is 1. The van der Waals surface area contributed by atoms with Crippen LogP contribution in [-0.2, 0) is 4.74 Å². The molecular formula is C14H31N3O. The van der Waals surface area contributed by atoms with E-state index in [1.54, 1.807) is 7.11 Å². The van der Waals surface area contributed by atoms with Gasteiger partial charge in [0.25, 0.3) is 0 Å². The van der Waals surface area contributed by atoms with Crippen LogP contribution in [0, 0.1) is 5.92 Å². The smallest absolute Gasteiger partial charge is 0.190 e. The van der Waals surface area contributed by atoms with Gasteiger partial charge in [0.05, 0.1) is 0 Å². The predicted molar refractivity (Wildman–Crippen MR) is 79.2 cm³/mol. The van der Waals surface area contributed by atoms with Gasteiger partial charge in [-0.05, 0) is 25.2 Å². The highest BCUT2D eigenvalue weighted by Crippen LogP contribution is 2.04. The molecule has 0 aliphatic heterocycles. The van der Waals surface area contributed by atoms with Crippen molar-refractivity contribution < 1.29 is 4.74 Å². The minimum absolute atomic E-state index is 0.741. The molecule has 0 aromatic carbocycles. The zero-order valence-electron chi connectivity index (χ0n) is 12.6. The van der Waals surface area contributed by atoms with Crippen LogP contribution >= 0.6 is 0 Å². The molecule has 0 radical (unpaired) electrons. The Balaban J connectivity index is 3.59. The van der Waals surface area contributed by atoms with Crippen molar-refractivity contribution in [2.75, 3.05) is 33.9 Å². The fraction of sp³-hybridized carbons (Fsp3) is 0.929. The van der Waals surface area contributed by atoms with Crippen molar-refractivity contribution in [3.63, 3.8) is 0 Å². The third-order valence-electron chi connectivity index (χ3n) is 3.25. The number of hydrogen-bond donors (Lipinski definition) is 2. The highest BCUT2D eigenvalue weighted by Gasteiger charge is 2.04. The predicted octanol–water partition coefficient (Wildman–Crippen LogP) is 2.40. The van der Waals surface area contributed by atoms with Gasteiger partial charge >= 0.3 is 0 Å². The standard InChI is InChI=1S/C14H31N3O/c1-5-13(6-2)12-17-14(15-3)16-10-8-7-9-11-18-4/h13H,5-12H2,1-4H3,(H2,15,16,17). The van der Waals surface area contributed by atoms with Crippen molar-refractivity contribution in [1.82, 2.24) is 10.6 Å². The maximum absolute atomic E-state index is 5.02. The lowest BCUT2D eigenvalue weighted by atomic mass is 10.0. The van der Waals surface area contributed by atoms with E-state index in [0.717, 1.165) is 44.4 Å². The summed E-state index contributed by atoms with van der Waals surface area (Å²) in [6.07, 6.45) is 5.94. The third-order valence-corrected chi connectivity index (χ3v) is 3.25. The van der Waals surface area contributed by atoms with Gasteiger partial charge < -0.3 is 15.4 Å². The van der Waals surface area contributed by atoms with Gasteiger partial charge in [0.15, 0.2) is 5.96 Å². The Morgan fingerprint density at radius 3 is 2.39 bits per heavy atom. The van der Waals surface area contributed by atoms with E-state index >= 15 is 0 Å². The fourth-order valence-corrected chi connectivity index (χ4v) is 1.79. The highest BCUT2D eigenvalue weighted by molar-refractivity contribution is 5.79. The van der Waals surface area contributed by atoms with E-state index in [1.165, 1.54) is 19.3 Å². The van der Waals surface area contributed by atoms with Crippen LogP contribution in [0.5, 0.6) is 0 Å². The van der Waals surface area contributed by atoms with Crippen molar-refractivity contribution in [3.8, 4) is 0 Å². The molecule has 108 valence electrons. The molecule has 0 aliphatic rings. The van der Waals surface area contributed by atoms with Gasteiger partial charge in [0, 0.05) is 33.9 Å². The number of ether oxygens (including phenoxy) is 1. The van der Waals surface area contributed by atoms with Gasteiger partial charge in [0.2, 0.25) is 0 Å². The number of aliphatic imine (C=N–C) groups is 1. The van der Waals surface area contributed by atoms with Gasteiger partial charge in [0.1, 0.15) is 0 Å². The maximum atomic E-state index is 5.02. The van der Waals surface area contributed by atoms with Crippen molar-refractivity contribution in [2.24, 2.45) is 10.9 Å². The van der Waals surface area contributed by atoms with E-state index in [4.69, 9.17) is 4.74 Å². The minimum atomic E-state index is 0.741. The molecule has 0 heterocycles. The van der Waals surface area contributed by atoms with Crippen molar-refractivity contribution in [2.45, 2.75) is 46.0 Å². The largest absolute Gasteiger partial charge is 0.385 e. The summed E-state index contributed by atoms with van der Waals surface area (Å²) in [5.41, 5.74) is 0. The highest BCUT2D eigenvalue weighted by atomic mass is 16.5. The molecular weight excluding hydrogens is 226 g/mol. The van der Waals surface area contributed by atoms with Gasteiger partial charge in [-0.15, -0.1) is 0 Å². The second-order valence-electron chi connectivity index (χ2n) is 4.62. The van der Waals surface area contributed by atoms with Crippen molar-refractivity contribution in [3.05, 3.63) is 0 Å². The SMILES string of the molecule is CCC(CC)CNC(=NC)NCCCCCOC. The Bertz CT molecular complexity index is 203. The number of rotatable bonds is 10. The molecule has 4 heteroatoms. The van der Waals surface area contributed by atoms with E-state index in [9.17, 15) is 0 Å². The molecule has 18 heavy (non-hydrogen) atoms. The van der Waals surface area contributed by atoms with E-state index in [2.05, 4.69) is 29.5 Å². The fourth-order valence-electron chi connectivity index (χ4n) is 1.79. The molecule has 0 bridgehead atoms. The third kappa shape index (κ3) is 9.28. The molecule has 0 atom stereocenters. The van der Waals surface area contributed by atoms with E-state index in [-0.39, 0.29) is 0 Å². The summed E-state index contributed by atoms with van der Waals surface area (Å²) < 4.78 is 5.02. The van der Waals surface area contributed by atoms with E-state index in [1.807, 2.05) is 7.05 Å². The topological polar surface area (TPSA) is 45.7 Å². The number of nitrogens with one attached hydrogen (secondary N) is 2. The first-order chi connectivity index (χ1) is 8.78. The number of unbranched alkanes of at least 4 members (excludes halogenated alkanes) is 2. The van der Waals surface area contributed by atoms with E-state index in [0.29, 0.717) is 0 Å². The molecule has 0 unspecified atom stereocenters. The summed E-state index contributed by atoms with van der Waals surface area (Å²) >= 11 is 0. The summed E-state index contributed by atoms with van der Waals surface area (Å²) in [5, 5.41) is 6.74. The number of hydrogen-bond acceptors (Lipinski definition) is 2. The Morgan fingerprint density at radius 2 is 1.83 bits per heavy atom. The molecule has 0 aromatic rings. The maximum Gasteiger partial charge on any atom is 0.190 e. The molecule has 0 saturated carbocycles. The first kappa shape index (κ1) is 17.2. The lowest BCUT2D eigenvalue weighted by molar-refractivity contribution is 0.192. The number of nitrogens with zero attached hydrogens (tertiary/aromatic N) is 1. The molecule has 2 N–H and O–H groups in total. The Morgan fingerprint density at radius 1 is 1.11 bits per heavy atom. The summed E-state index contributed by atoms with van der Waals surface area (Å²) in [5.74, 6) is 1.67. The molecule has 0 aliphatic carbocycles. The second-order valence-corrected chi connectivity index (χ2v) is 4.62. The van der Waals surface area contributed by atoms with Gasteiger partial charge in [-0.3, -0.25) is 4.99 Å². The summed E-state index contributed by atoms with van der Waals surface area (Å²) in [4.78, 5) is 4.23. The van der Waals surface area contributed by atoms with E-state index < -0.39 is 0 Å². The average molecular weight is 257 g/mol. The number of guanidine groups is 1. The first-order valence-electron chi connectivity index (χ1n) is 7.21. The van der Waals surface area contributed by atoms with Gasteiger partial charge in [-0.1, -0.05) is 26.7 Å². The molecule has 4 nitrogen and oxygen atoms in total. The first-order valence-corrected chi connectivity index (χ1v) is 7.21. The summed E-state index contributed by atoms with van der Waals surface area (Å²) in [7, 11) is 3.58. The average Bonchev–Trinajstić information content (AvgIpc) is 2.41. The van der Waals surface area contributed by atoms with Crippen molar-refractivity contribution in [1.29, 1.82) is 0 Å². The van der Waals surface area contributed by atoms with Crippen LogP contribution in [0.25, 0.3) is 0 Å². The van der Waals surface area contributed by atoms with Gasteiger partial charge in [-0.2, -0.15) is 0 Å². The Kier molecular flexibility index (Phi) is 12.1. The molecule has 0 spiro atoms. The summed E-state index contributed by atoms with van der Waals surface area (Å²) in [6, 6.07) is 0. The van der Waals surface area contributed by atoms with Crippen molar-refractivity contribution >= 4 is 5.96 Å².